The second-order valence-corrected chi connectivity index (χ2v) is 7.12. The van der Waals surface area contributed by atoms with Crippen LogP contribution in [0, 0.1) is 19.8 Å². The molecule has 2 fully saturated rings. The van der Waals surface area contributed by atoms with Gasteiger partial charge in [0.25, 0.3) is 0 Å². The average Bonchev–Trinajstić information content (AvgIpc) is 3.09. The van der Waals surface area contributed by atoms with Crippen molar-refractivity contribution in [3.05, 3.63) is 17.5 Å². The van der Waals surface area contributed by atoms with E-state index in [2.05, 4.69) is 18.1 Å². The summed E-state index contributed by atoms with van der Waals surface area (Å²) in [4.78, 5) is 28.8. The molecule has 0 radical (unpaired) electrons. The van der Waals surface area contributed by atoms with Gasteiger partial charge >= 0.3 is 0 Å². The molecule has 1 aromatic rings. The largest absolute Gasteiger partial charge is 0.342 e. The minimum atomic E-state index is -0.168. The molecule has 2 atom stereocenters. The Morgan fingerprint density at radius 1 is 1.33 bits per heavy atom. The van der Waals surface area contributed by atoms with Crippen LogP contribution in [0.5, 0.6) is 0 Å². The Bertz CT molecular complexity index is 625. The van der Waals surface area contributed by atoms with Crippen LogP contribution in [-0.2, 0) is 16.1 Å². The Labute approximate surface area is 143 Å². The summed E-state index contributed by atoms with van der Waals surface area (Å²) in [5.74, 6) is 0.104. The number of aromatic nitrogens is 2. The molecule has 0 aliphatic carbocycles. The molecule has 2 aliphatic rings. The zero-order chi connectivity index (χ0) is 17.3. The molecule has 24 heavy (non-hydrogen) atoms. The van der Waals surface area contributed by atoms with Crippen LogP contribution in [0.1, 0.15) is 44.0 Å². The van der Waals surface area contributed by atoms with Crippen molar-refractivity contribution in [1.29, 1.82) is 0 Å². The van der Waals surface area contributed by atoms with Gasteiger partial charge in [0.05, 0.1) is 24.2 Å². The molecule has 0 aromatic carbocycles. The maximum Gasteiger partial charge on any atom is 0.228 e. The molecule has 3 rings (SSSR count). The summed E-state index contributed by atoms with van der Waals surface area (Å²) >= 11 is 0. The van der Waals surface area contributed by atoms with E-state index in [-0.39, 0.29) is 23.8 Å². The summed E-state index contributed by atoms with van der Waals surface area (Å²) in [5.41, 5.74) is 2.15. The monoisotopic (exact) mass is 332 g/mol. The predicted octanol–water partition coefficient (Wildman–Crippen LogP) is 1.75. The van der Waals surface area contributed by atoms with Crippen molar-refractivity contribution in [2.75, 3.05) is 19.6 Å². The van der Waals surface area contributed by atoms with Crippen molar-refractivity contribution in [2.24, 2.45) is 5.92 Å². The van der Waals surface area contributed by atoms with Crippen LogP contribution in [0.4, 0.5) is 0 Å². The van der Waals surface area contributed by atoms with E-state index in [0.29, 0.717) is 19.5 Å². The van der Waals surface area contributed by atoms with E-state index in [1.165, 1.54) is 0 Å². The maximum atomic E-state index is 13.0. The first-order valence-corrected chi connectivity index (χ1v) is 9.09. The van der Waals surface area contributed by atoms with Gasteiger partial charge in [0.1, 0.15) is 0 Å². The van der Waals surface area contributed by atoms with Gasteiger partial charge in [-0.3, -0.25) is 14.3 Å². The normalized spacial score (nSPS) is 24.7. The first-order valence-electron chi connectivity index (χ1n) is 9.09. The Hall–Kier alpha value is -1.85. The van der Waals surface area contributed by atoms with Crippen molar-refractivity contribution >= 4 is 11.8 Å². The average molecular weight is 332 g/mol. The van der Waals surface area contributed by atoms with E-state index in [9.17, 15) is 9.59 Å². The Kier molecular flexibility index (Phi) is 4.92. The number of hydrogen-bond donors (Lipinski definition) is 0. The van der Waals surface area contributed by atoms with Gasteiger partial charge in [0.15, 0.2) is 0 Å². The lowest BCUT2D eigenvalue weighted by molar-refractivity contribution is -0.139. The molecular formula is C18H28N4O2. The molecule has 2 saturated heterocycles. The lowest BCUT2D eigenvalue weighted by atomic mass is 9.98. The van der Waals surface area contributed by atoms with Gasteiger partial charge in [-0.15, -0.1) is 0 Å². The first-order chi connectivity index (χ1) is 11.5. The first kappa shape index (κ1) is 17.0. The number of carbonyl (C=O) groups excluding carboxylic acids is 2. The third-order valence-corrected chi connectivity index (χ3v) is 5.34. The van der Waals surface area contributed by atoms with Gasteiger partial charge in [-0.2, -0.15) is 5.10 Å². The van der Waals surface area contributed by atoms with E-state index >= 15 is 0 Å². The van der Waals surface area contributed by atoms with E-state index in [1.54, 1.807) is 4.90 Å². The molecule has 2 aliphatic heterocycles. The topological polar surface area (TPSA) is 58.4 Å². The summed E-state index contributed by atoms with van der Waals surface area (Å²) in [6, 6.07) is 2.26. The van der Waals surface area contributed by atoms with Crippen LogP contribution >= 0.6 is 0 Å². The minimum absolute atomic E-state index is 0.114. The van der Waals surface area contributed by atoms with Crippen LogP contribution in [0.25, 0.3) is 0 Å². The fourth-order valence-electron chi connectivity index (χ4n) is 4.02. The molecule has 1 aromatic heterocycles. The summed E-state index contributed by atoms with van der Waals surface area (Å²) < 4.78 is 2.02. The van der Waals surface area contributed by atoms with E-state index in [4.69, 9.17) is 0 Å². The molecule has 0 unspecified atom stereocenters. The number of rotatable bonds is 4. The van der Waals surface area contributed by atoms with E-state index in [1.807, 2.05) is 23.4 Å². The number of carbonyl (C=O) groups is 2. The van der Waals surface area contributed by atoms with Crippen LogP contribution in [0.3, 0.4) is 0 Å². The lowest BCUT2D eigenvalue weighted by Gasteiger charge is -2.37. The molecular weight excluding hydrogens is 304 g/mol. The van der Waals surface area contributed by atoms with Crippen molar-refractivity contribution in [3.63, 3.8) is 0 Å². The maximum absolute atomic E-state index is 13.0. The number of amides is 2. The zero-order valence-electron chi connectivity index (χ0n) is 15.0. The number of likely N-dealkylation sites (tertiary alicyclic amines) is 2. The second-order valence-electron chi connectivity index (χ2n) is 7.12. The molecule has 6 heteroatoms. The van der Waals surface area contributed by atoms with Gasteiger partial charge in [0.2, 0.25) is 11.8 Å². The Morgan fingerprint density at radius 3 is 2.75 bits per heavy atom. The Balaban J connectivity index is 1.71. The molecule has 6 nitrogen and oxygen atoms in total. The molecule has 0 N–H and O–H groups in total. The third kappa shape index (κ3) is 3.32. The van der Waals surface area contributed by atoms with Crippen LogP contribution < -0.4 is 0 Å². The highest BCUT2D eigenvalue weighted by atomic mass is 16.2. The van der Waals surface area contributed by atoms with Crippen molar-refractivity contribution < 1.29 is 9.59 Å². The molecule has 0 saturated carbocycles. The van der Waals surface area contributed by atoms with Crippen LogP contribution in [0.2, 0.25) is 0 Å². The molecule has 132 valence electrons. The summed E-state index contributed by atoms with van der Waals surface area (Å²) in [6.07, 6.45) is 3.59. The minimum Gasteiger partial charge on any atom is -0.342 e. The van der Waals surface area contributed by atoms with Gasteiger partial charge in [-0.05, 0) is 46.1 Å². The number of piperidine rings is 1. The van der Waals surface area contributed by atoms with Crippen molar-refractivity contribution in [2.45, 2.75) is 59.0 Å². The summed E-state index contributed by atoms with van der Waals surface area (Å²) in [6.45, 7) is 8.86. The lowest BCUT2D eigenvalue weighted by Crippen LogP contribution is -2.48. The van der Waals surface area contributed by atoms with Gasteiger partial charge in [-0.1, -0.05) is 0 Å². The highest BCUT2D eigenvalue weighted by Crippen LogP contribution is 2.26. The van der Waals surface area contributed by atoms with Gasteiger partial charge in [0, 0.05) is 31.7 Å². The smallest absolute Gasteiger partial charge is 0.228 e. The standard InChI is InChI=1S/C18H28N4O2/c1-4-20-11-15(10-17(20)23)18(24)21-8-6-5-7-16(21)12-22-14(3)9-13(2)19-22/h9,15-16H,4-8,10-12H2,1-3H3/t15-,16-/m1/s1. The summed E-state index contributed by atoms with van der Waals surface area (Å²) in [5, 5.41) is 4.55. The fraction of sp³-hybridized carbons (Fsp3) is 0.722. The highest BCUT2D eigenvalue weighted by molar-refractivity contribution is 5.89. The van der Waals surface area contributed by atoms with Crippen molar-refractivity contribution in [1.82, 2.24) is 19.6 Å². The van der Waals surface area contributed by atoms with Crippen LogP contribution in [0.15, 0.2) is 6.07 Å². The zero-order valence-corrected chi connectivity index (χ0v) is 15.0. The number of aryl methyl sites for hydroxylation is 2. The third-order valence-electron chi connectivity index (χ3n) is 5.34. The second kappa shape index (κ2) is 6.95. The molecule has 0 bridgehead atoms. The van der Waals surface area contributed by atoms with E-state index < -0.39 is 0 Å². The van der Waals surface area contributed by atoms with Gasteiger partial charge in [-0.25, -0.2) is 0 Å². The van der Waals surface area contributed by atoms with Crippen LogP contribution in [-0.4, -0.2) is 57.1 Å². The predicted molar refractivity (Wildman–Crippen MR) is 91.4 cm³/mol. The summed E-state index contributed by atoms with van der Waals surface area (Å²) in [7, 11) is 0. The Morgan fingerprint density at radius 2 is 2.12 bits per heavy atom. The molecule has 2 amide bonds. The quantitative estimate of drug-likeness (QED) is 0.844. The van der Waals surface area contributed by atoms with Crippen molar-refractivity contribution in [3.8, 4) is 0 Å². The SMILES string of the molecule is CCN1C[C@H](C(=O)N2CCCC[C@@H]2Cn2nc(C)cc2C)CC1=O. The highest BCUT2D eigenvalue weighted by Gasteiger charge is 2.38. The van der Waals surface area contributed by atoms with E-state index in [0.717, 1.165) is 43.7 Å². The van der Waals surface area contributed by atoms with Gasteiger partial charge < -0.3 is 9.80 Å². The number of hydrogen-bond acceptors (Lipinski definition) is 3. The fourth-order valence-corrected chi connectivity index (χ4v) is 4.02. The molecule has 3 heterocycles. The molecule has 0 spiro atoms. The number of nitrogens with zero attached hydrogens (tertiary/aromatic N) is 4.